The molecule has 4 rings (SSSR count). The number of esters is 1. The maximum atomic E-state index is 13.1. The monoisotopic (exact) mass is 444 g/mol. The summed E-state index contributed by atoms with van der Waals surface area (Å²) in [7, 11) is 1.60. The summed E-state index contributed by atoms with van der Waals surface area (Å²) in [5.74, 6) is -0.261. The SMILES string of the molecule is COc1ccc2cc(C(=O)COC(=O)c3ccccc3OCc3ccc(F)cc3)ccc2c1. The summed E-state index contributed by atoms with van der Waals surface area (Å²) in [4.78, 5) is 25.2. The van der Waals surface area contributed by atoms with Crippen LogP contribution in [0.15, 0.2) is 84.9 Å². The molecule has 0 unspecified atom stereocenters. The molecule has 0 amide bonds. The number of fused-ring (bicyclic) bond motifs is 1. The van der Waals surface area contributed by atoms with Crippen LogP contribution in [0.1, 0.15) is 26.3 Å². The van der Waals surface area contributed by atoms with Gasteiger partial charge in [-0.2, -0.15) is 0 Å². The molecule has 0 N–H and O–H groups in total. The van der Waals surface area contributed by atoms with Crippen LogP contribution in [0.5, 0.6) is 11.5 Å². The summed E-state index contributed by atoms with van der Waals surface area (Å²) < 4.78 is 29.3. The Hall–Kier alpha value is -4.19. The zero-order chi connectivity index (χ0) is 23.2. The fourth-order valence-corrected chi connectivity index (χ4v) is 3.32. The molecule has 0 radical (unpaired) electrons. The second-order valence-corrected chi connectivity index (χ2v) is 7.34. The summed E-state index contributed by atoms with van der Waals surface area (Å²) in [5.41, 5.74) is 1.41. The Balaban J connectivity index is 1.40. The molecule has 0 saturated carbocycles. The number of methoxy groups -OCH3 is 1. The number of hydrogen-bond donors (Lipinski definition) is 0. The van der Waals surface area contributed by atoms with Crippen molar-refractivity contribution in [3.8, 4) is 11.5 Å². The molecule has 0 spiro atoms. The average molecular weight is 444 g/mol. The van der Waals surface area contributed by atoms with Gasteiger partial charge in [-0.25, -0.2) is 9.18 Å². The summed E-state index contributed by atoms with van der Waals surface area (Å²) >= 11 is 0. The minimum Gasteiger partial charge on any atom is -0.497 e. The molecule has 166 valence electrons. The first kappa shape index (κ1) is 22.0. The summed E-state index contributed by atoms with van der Waals surface area (Å²) in [6.07, 6.45) is 0. The Morgan fingerprint density at radius 1 is 0.848 bits per heavy atom. The predicted octanol–water partition coefficient (Wildman–Crippen LogP) is 5.61. The van der Waals surface area contributed by atoms with E-state index in [1.54, 1.807) is 55.6 Å². The Kier molecular flexibility index (Phi) is 6.64. The van der Waals surface area contributed by atoms with Gasteiger partial charge in [-0.3, -0.25) is 4.79 Å². The number of halogens is 1. The predicted molar refractivity (Wildman–Crippen MR) is 122 cm³/mol. The number of para-hydroxylation sites is 1. The molecule has 6 heteroatoms. The third-order valence-electron chi connectivity index (χ3n) is 5.12. The van der Waals surface area contributed by atoms with E-state index in [0.717, 1.165) is 22.1 Å². The van der Waals surface area contributed by atoms with Gasteiger partial charge in [0.05, 0.1) is 7.11 Å². The van der Waals surface area contributed by atoms with Gasteiger partial charge < -0.3 is 14.2 Å². The van der Waals surface area contributed by atoms with Crippen molar-refractivity contribution in [1.29, 1.82) is 0 Å². The highest BCUT2D eigenvalue weighted by molar-refractivity contribution is 6.02. The first-order chi connectivity index (χ1) is 16.0. The van der Waals surface area contributed by atoms with Gasteiger partial charge in [-0.05, 0) is 58.8 Å². The number of carbonyl (C=O) groups excluding carboxylic acids is 2. The highest BCUT2D eigenvalue weighted by atomic mass is 19.1. The lowest BCUT2D eigenvalue weighted by atomic mass is 10.0. The van der Waals surface area contributed by atoms with Crippen LogP contribution in [0.25, 0.3) is 10.8 Å². The summed E-state index contributed by atoms with van der Waals surface area (Å²) in [6, 6.07) is 23.3. The van der Waals surface area contributed by atoms with Gasteiger partial charge in [0.1, 0.15) is 29.5 Å². The van der Waals surface area contributed by atoms with Crippen molar-refractivity contribution in [1.82, 2.24) is 0 Å². The number of ether oxygens (including phenoxy) is 3. The fourth-order valence-electron chi connectivity index (χ4n) is 3.32. The van der Waals surface area contributed by atoms with E-state index in [-0.39, 0.29) is 23.8 Å². The zero-order valence-corrected chi connectivity index (χ0v) is 17.9. The highest BCUT2D eigenvalue weighted by Crippen LogP contribution is 2.23. The minimum atomic E-state index is -0.663. The molecule has 0 aromatic heterocycles. The van der Waals surface area contributed by atoms with Crippen molar-refractivity contribution >= 4 is 22.5 Å². The lowest BCUT2D eigenvalue weighted by Crippen LogP contribution is -2.15. The lowest BCUT2D eigenvalue weighted by Gasteiger charge is -2.11. The molecule has 0 aliphatic rings. The van der Waals surface area contributed by atoms with Crippen LogP contribution in [-0.2, 0) is 11.3 Å². The molecule has 5 nitrogen and oxygen atoms in total. The zero-order valence-electron chi connectivity index (χ0n) is 17.9. The van der Waals surface area contributed by atoms with Crippen molar-refractivity contribution in [3.05, 3.63) is 107 Å². The number of Topliss-reactive ketones (excluding diaryl/α,β-unsaturated/α-hetero) is 1. The van der Waals surface area contributed by atoms with Gasteiger partial charge in [0, 0.05) is 5.56 Å². The van der Waals surface area contributed by atoms with Crippen molar-refractivity contribution in [2.45, 2.75) is 6.61 Å². The Morgan fingerprint density at radius 2 is 1.58 bits per heavy atom. The molecular formula is C27H21FO5. The third-order valence-corrected chi connectivity index (χ3v) is 5.12. The van der Waals surface area contributed by atoms with Crippen LogP contribution in [0, 0.1) is 5.82 Å². The third kappa shape index (κ3) is 5.36. The minimum absolute atomic E-state index is 0.158. The van der Waals surface area contributed by atoms with E-state index in [1.165, 1.54) is 12.1 Å². The van der Waals surface area contributed by atoms with Gasteiger partial charge in [0.15, 0.2) is 12.4 Å². The standard InChI is InChI=1S/C27H21FO5/c1-31-23-13-10-19-14-21(9-8-20(19)15-23)25(29)17-33-27(30)24-4-2-3-5-26(24)32-16-18-6-11-22(28)12-7-18/h2-15H,16-17H2,1H3. The number of hydrogen-bond acceptors (Lipinski definition) is 5. The van der Waals surface area contributed by atoms with Crippen molar-refractivity contribution in [2.75, 3.05) is 13.7 Å². The van der Waals surface area contributed by atoms with E-state index in [4.69, 9.17) is 14.2 Å². The smallest absolute Gasteiger partial charge is 0.342 e. The first-order valence-corrected chi connectivity index (χ1v) is 10.3. The first-order valence-electron chi connectivity index (χ1n) is 10.3. The Bertz CT molecular complexity index is 1300. The maximum absolute atomic E-state index is 13.1. The van der Waals surface area contributed by atoms with E-state index in [2.05, 4.69) is 0 Å². The normalized spacial score (nSPS) is 10.6. The van der Waals surface area contributed by atoms with Gasteiger partial charge in [0.2, 0.25) is 0 Å². The fraction of sp³-hybridized carbons (Fsp3) is 0.111. The van der Waals surface area contributed by atoms with Gasteiger partial charge in [-0.15, -0.1) is 0 Å². The molecule has 4 aromatic rings. The topological polar surface area (TPSA) is 61.8 Å². The molecule has 0 heterocycles. The maximum Gasteiger partial charge on any atom is 0.342 e. The van der Waals surface area contributed by atoms with E-state index in [0.29, 0.717) is 11.3 Å². The lowest BCUT2D eigenvalue weighted by molar-refractivity contribution is 0.0470. The number of carbonyl (C=O) groups is 2. The van der Waals surface area contributed by atoms with Crippen molar-refractivity contribution < 1.29 is 28.2 Å². The second kappa shape index (κ2) is 9.96. The van der Waals surface area contributed by atoms with Gasteiger partial charge >= 0.3 is 5.97 Å². The summed E-state index contributed by atoms with van der Waals surface area (Å²) in [6.45, 7) is -0.238. The number of rotatable bonds is 8. The van der Waals surface area contributed by atoms with Gasteiger partial charge in [-0.1, -0.05) is 42.5 Å². The average Bonchev–Trinajstić information content (AvgIpc) is 2.86. The van der Waals surface area contributed by atoms with Crippen LogP contribution in [0.2, 0.25) is 0 Å². The quantitative estimate of drug-likeness (QED) is 0.261. The summed E-state index contributed by atoms with van der Waals surface area (Å²) in [5, 5.41) is 1.82. The van der Waals surface area contributed by atoms with Crippen molar-refractivity contribution in [2.24, 2.45) is 0 Å². The van der Waals surface area contributed by atoms with Crippen molar-refractivity contribution in [3.63, 3.8) is 0 Å². The van der Waals surface area contributed by atoms with E-state index in [9.17, 15) is 14.0 Å². The van der Waals surface area contributed by atoms with Crippen LogP contribution in [0.4, 0.5) is 4.39 Å². The van der Waals surface area contributed by atoms with Crippen LogP contribution in [0.3, 0.4) is 0 Å². The molecule has 0 bridgehead atoms. The van der Waals surface area contributed by atoms with Crippen LogP contribution >= 0.6 is 0 Å². The van der Waals surface area contributed by atoms with E-state index in [1.807, 2.05) is 24.3 Å². The van der Waals surface area contributed by atoms with Crippen LogP contribution < -0.4 is 9.47 Å². The van der Waals surface area contributed by atoms with E-state index >= 15 is 0 Å². The Morgan fingerprint density at radius 3 is 2.36 bits per heavy atom. The Labute approximate surface area is 190 Å². The molecule has 0 aliphatic heterocycles. The van der Waals surface area contributed by atoms with E-state index < -0.39 is 12.6 Å². The van der Waals surface area contributed by atoms with Crippen LogP contribution in [-0.4, -0.2) is 25.5 Å². The molecule has 0 aliphatic carbocycles. The molecule has 0 saturated heterocycles. The number of ketones is 1. The second-order valence-electron chi connectivity index (χ2n) is 7.34. The molecule has 0 fully saturated rings. The number of benzene rings is 4. The molecule has 33 heavy (non-hydrogen) atoms. The largest absolute Gasteiger partial charge is 0.497 e. The molecular weight excluding hydrogens is 423 g/mol. The molecule has 0 atom stereocenters. The highest BCUT2D eigenvalue weighted by Gasteiger charge is 2.16. The van der Waals surface area contributed by atoms with Gasteiger partial charge in [0.25, 0.3) is 0 Å². The molecule has 4 aromatic carbocycles.